The molecule has 2 aliphatic rings. The summed E-state index contributed by atoms with van der Waals surface area (Å²) in [5.74, 6) is -0.274. The van der Waals surface area contributed by atoms with Crippen LogP contribution in [0.1, 0.15) is 25.0 Å². The number of hydrogen-bond acceptors (Lipinski definition) is 4. The molecule has 0 saturated heterocycles. The monoisotopic (exact) mass is 339 g/mol. The summed E-state index contributed by atoms with van der Waals surface area (Å²) in [6.07, 6.45) is 7.69. The number of benzene rings is 1. The fraction of sp³-hybridized carbons (Fsp3) is 0.167. The number of carbonyl (C=O) groups is 1. The fourth-order valence-electron chi connectivity index (χ4n) is 2.35. The van der Waals surface area contributed by atoms with E-state index in [1.54, 1.807) is 24.6 Å². The molecule has 1 aromatic carbocycles. The van der Waals surface area contributed by atoms with Gasteiger partial charge >= 0.3 is 0 Å². The Labute approximate surface area is 144 Å². The number of amidine groups is 1. The SMILES string of the molecule is CCc1ccc(C2=NC(=NC(C)=O)SC2=C2C=CN(O)C=C2)cc1. The van der Waals surface area contributed by atoms with Gasteiger partial charge in [-0.1, -0.05) is 31.2 Å². The average molecular weight is 339 g/mol. The predicted octanol–water partition coefficient (Wildman–Crippen LogP) is 3.67. The number of aliphatic imine (C=N–C) groups is 2. The number of hydrogen-bond donors (Lipinski definition) is 1. The minimum Gasteiger partial charge on any atom is -0.285 e. The van der Waals surface area contributed by atoms with Crippen molar-refractivity contribution in [1.82, 2.24) is 5.06 Å². The van der Waals surface area contributed by atoms with Crippen LogP contribution >= 0.6 is 11.8 Å². The molecule has 0 aromatic heterocycles. The van der Waals surface area contributed by atoms with Gasteiger partial charge in [-0.25, -0.2) is 10.1 Å². The van der Waals surface area contributed by atoms with Crippen LogP contribution in [0.15, 0.2) is 69.3 Å². The molecule has 2 heterocycles. The van der Waals surface area contributed by atoms with Gasteiger partial charge in [-0.05, 0) is 41.5 Å². The van der Waals surface area contributed by atoms with Crippen LogP contribution < -0.4 is 0 Å². The molecular formula is C18H17N3O2S. The molecule has 1 aromatic rings. The van der Waals surface area contributed by atoms with Gasteiger partial charge in [0.25, 0.3) is 0 Å². The standard InChI is InChI=1S/C18H17N3O2S/c1-3-13-4-6-14(7-5-13)16-17(15-8-10-21(23)11-9-15)24-18(20-16)19-12(2)22/h4-11,23H,3H2,1-2H3. The summed E-state index contributed by atoms with van der Waals surface area (Å²) in [6.45, 7) is 3.52. The zero-order chi connectivity index (χ0) is 17.1. The van der Waals surface area contributed by atoms with Gasteiger partial charge in [0.15, 0.2) is 5.17 Å². The topological polar surface area (TPSA) is 65.3 Å². The first kappa shape index (κ1) is 16.4. The third-order valence-corrected chi connectivity index (χ3v) is 4.58. The highest BCUT2D eigenvalue weighted by Crippen LogP contribution is 2.35. The average Bonchev–Trinajstić information content (AvgIpc) is 2.98. The normalized spacial score (nSPS) is 18.5. The molecule has 0 aliphatic carbocycles. The third-order valence-electron chi connectivity index (χ3n) is 3.58. The van der Waals surface area contributed by atoms with E-state index in [0.29, 0.717) is 5.17 Å². The highest BCUT2D eigenvalue weighted by molar-refractivity contribution is 8.18. The molecule has 0 saturated carbocycles. The lowest BCUT2D eigenvalue weighted by atomic mass is 10.0. The molecule has 1 N–H and O–H groups in total. The van der Waals surface area contributed by atoms with Crippen LogP contribution in [0.5, 0.6) is 0 Å². The van der Waals surface area contributed by atoms with E-state index in [4.69, 9.17) is 0 Å². The van der Waals surface area contributed by atoms with Crippen molar-refractivity contribution in [1.29, 1.82) is 0 Å². The summed E-state index contributed by atoms with van der Waals surface area (Å²) in [6, 6.07) is 8.22. The number of hydroxylamine groups is 2. The lowest BCUT2D eigenvalue weighted by Gasteiger charge is -2.12. The van der Waals surface area contributed by atoms with E-state index in [-0.39, 0.29) is 5.91 Å². The second kappa shape index (κ2) is 6.98. The lowest BCUT2D eigenvalue weighted by molar-refractivity contribution is -0.115. The number of amides is 1. The minimum atomic E-state index is -0.274. The van der Waals surface area contributed by atoms with Crippen LogP contribution in [0, 0.1) is 0 Å². The molecule has 24 heavy (non-hydrogen) atoms. The number of allylic oxidation sites excluding steroid dienone is 4. The highest BCUT2D eigenvalue weighted by Gasteiger charge is 2.24. The summed E-state index contributed by atoms with van der Waals surface area (Å²) in [5.41, 5.74) is 3.94. The Hall–Kier alpha value is -2.44. The molecule has 0 radical (unpaired) electrons. The van der Waals surface area contributed by atoms with Gasteiger partial charge in [0.05, 0.1) is 5.71 Å². The van der Waals surface area contributed by atoms with Crippen molar-refractivity contribution >= 4 is 28.5 Å². The predicted molar refractivity (Wildman–Crippen MR) is 97.0 cm³/mol. The van der Waals surface area contributed by atoms with Crippen LogP contribution in [0.25, 0.3) is 0 Å². The van der Waals surface area contributed by atoms with Crippen molar-refractivity contribution in [3.63, 3.8) is 0 Å². The number of carbonyl (C=O) groups excluding carboxylic acids is 1. The van der Waals surface area contributed by atoms with Crippen molar-refractivity contribution in [3.05, 3.63) is 70.4 Å². The van der Waals surface area contributed by atoms with Crippen molar-refractivity contribution in [2.45, 2.75) is 20.3 Å². The van der Waals surface area contributed by atoms with Crippen LogP contribution in [-0.4, -0.2) is 27.1 Å². The zero-order valence-electron chi connectivity index (χ0n) is 13.4. The summed E-state index contributed by atoms with van der Waals surface area (Å²) >= 11 is 1.36. The Morgan fingerprint density at radius 1 is 1.25 bits per heavy atom. The zero-order valence-corrected chi connectivity index (χ0v) is 14.2. The van der Waals surface area contributed by atoms with E-state index < -0.39 is 0 Å². The molecule has 0 bridgehead atoms. The third kappa shape index (κ3) is 3.55. The van der Waals surface area contributed by atoms with Crippen molar-refractivity contribution in [3.8, 4) is 0 Å². The first-order valence-electron chi connectivity index (χ1n) is 7.60. The van der Waals surface area contributed by atoms with Crippen molar-refractivity contribution in [2.75, 3.05) is 0 Å². The van der Waals surface area contributed by atoms with Crippen LogP contribution in [0.4, 0.5) is 0 Å². The second-order valence-corrected chi connectivity index (χ2v) is 6.30. The smallest absolute Gasteiger partial charge is 0.245 e. The Kier molecular flexibility index (Phi) is 4.78. The summed E-state index contributed by atoms with van der Waals surface area (Å²) in [4.78, 5) is 20.7. The van der Waals surface area contributed by atoms with Crippen molar-refractivity contribution < 1.29 is 10.0 Å². The second-order valence-electron chi connectivity index (χ2n) is 5.32. The number of nitrogens with zero attached hydrogens (tertiary/aromatic N) is 3. The van der Waals surface area contributed by atoms with Crippen LogP contribution in [0.3, 0.4) is 0 Å². The van der Waals surface area contributed by atoms with Gasteiger partial charge in [0.2, 0.25) is 5.91 Å². The van der Waals surface area contributed by atoms with Crippen LogP contribution in [-0.2, 0) is 11.2 Å². The van der Waals surface area contributed by atoms with Gasteiger partial charge in [0.1, 0.15) is 0 Å². The Morgan fingerprint density at radius 3 is 2.50 bits per heavy atom. The number of rotatable bonds is 2. The van der Waals surface area contributed by atoms with Crippen LogP contribution in [0.2, 0.25) is 0 Å². The van der Waals surface area contributed by atoms with E-state index >= 15 is 0 Å². The molecular weight excluding hydrogens is 322 g/mol. The lowest BCUT2D eigenvalue weighted by Crippen LogP contribution is -2.07. The maximum atomic E-state index is 11.3. The molecule has 0 unspecified atom stereocenters. The maximum absolute atomic E-state index is 11.3. The van der Waals surface area contributed by atoms with Crippen molar-refractivity contribution in [2.24, 2.45) is 9.98 Å². The largest absolute Gasteiger partial charge is 0.285 e. The maximum Gasteiger partial charge on any atom is 0.245 e. The molecule has 3 rings (SSSR count). The molecule has 5 nitrogen and oxygen atoms in total. The molecule has 0 fully saturated rings. The van der Waals surface area contributed by atoms with E-state index in [1.807, 2.05) is 12.1 Å². The van der Waals surface area contributed by atoms with E-state index in [1.165, 1.54) is 24.2 Å². The van der Waals surface area contributed by atoms with Gasteiger partial charge in [-0.2, -0.15) is 4.99 Å². The Morgan fingerprint density at radius 2 is 1.92 bits per heavy atom. The summed E-state index contributed by atoms with van der Waals surface area (Å²) in [5, 5.41) is 10.8. The quantitative estimate of drug-likeness (QED) is 0.893. The van der Waals surface area contributed by atoms with Gasteiger partial charge < -0.3 is 0 Å². The molecule has 0 spiro atoms. The van der Waals surface area contributed by atoms with E-state index in [0.717, 1.165) is 33.2 Å². The highest BCUT2D eigenvalue weighted by atomic mass is 32.2. The molecule has 2 aliphatic heterocycles. The Bertz CT molecular complexity index is 801. The van der Waals surface area contributed by atoms with E-state index in [9.17, 15) is 10.0 Å². The first-order valence-corrected chi connectivity index (χ1v) is 8.42. The molecule has 6 heteroatoms. The number of aryl methyl sites for hydroxylation is 1. The summed E-state index contributed by atoms with van der Waals surface area (Å²) in [7, 11) is 0. The summed E-state index contributed by atoms with van der Waals surface area (Å²) < 4.78 is 0. The van der Waals surface area contributed by atoms with Gasteiger partial charge in [-0.15, -0.1) is 0 Å². The fourth-order valence-corrected chi connectivity index (χ4v) is 3.36. The number of thioether (sulfide) groups is 1. The van der Waals surface area contributed by atoms with Gasteiger partial charge in [-0.3, -0.25) is 10.0 Å². The van der Waals surface area contributed by atoms with E-state index in [2.05, 4.69) is 29.0 Å². The first-order chi connectivity index (χ1) is 11.6. The molecule has 1 amide bonds. The minimum absolute atomic E-state index is 0.274. The van der Waals surface area contributed by atoms with Gasteiger partial charge in [0, 0.05) is 29.8 Å². The Balaban J connectivity index is 2.06. The molecule has 122 valence electrons. The molecule has 0 atom stereocenters.